The molecule has 0 saturated heterocycles. The molecule has 0 heterocycles. The average molecular weight is 148 g/mol. The summed E-state index contributed by atoms with van der Waals surface area (Å²) in [4.78, 5) is 10.6. The Labute approximate surface area is 59.9 Å². The lowest BCUT2D eigenvalue weighted by molar-refractivity contribution is -0.116. The summed E-state index contributed by atoms with van der Waals surface area (Å²) >= 11 is 5.41. The Bertz CT molecular complexity index is 127. The number of hydrogen-bond donors (Lipinski definition) is 1. The van der Waals surface area contributed by atoms with E-state index in [1.54, 1.807) is 6.92 Å². The topological polar surface area (TPSA) is 29.1 Å². The maximum atomic E-state index is 10.6. The molecule has 1 amide bonds. The summed E-state index contributed by atoms with van der Waals surface area (Å²) in [6.45, 7) is 4.16. The van der Waals surface area contributed by atoms with Gasteiger partial charge in [0.25, 0.3) is 0 Å². The maximum absolute atomic E-state index is 10.6. The zero-order valence-corrected chi connectivity index (χ0v) is 6.33. The minimum absolute atomic E-state index is 0.134. The van der Waals surface area contributed by atoms with Gasteiger partial charge in [-0.25, -0.2) is 0 Å². The van der Waals surface area contributed by atoms with Crippen LogP contribution < -0.4 is 5.32 Å². The van der Waals surface area contributed by atoms with Crippen LogP contribution in [0, 0.1) is 0 Å². The summed E-state index contributed by atoms with van der Waals surface area (Å²) in [5, 5.41) is 3.08. The summed E-state index contributed by atoms with van der Waals surface area (Å²) in [5.74, 6) is -0.134. The molecule has 0 aliphatic heterocycles. The highest BCUT2D eigenvalue weighted by Gasteiger charge is 1.90. The fourth-order valence-electron chi connectivity index (χ4n) is 0.406. The first-order valence-corrected chi connectivity index (χ1v) is 3.16. The predicted octanol–water partition coefficient (Wildman–Crippen LogP) is 1.27. The van der Waals surface area contributed by atoms with Gasteiger partial charge in [0, 0.05) is 17.7 Å². The monoisotopic (exact) mass is 147 g/mol. The fourth-order valence-corrected chi connectivity index (χ4v) is 0.505. The van der Waals surface area contributed by atoms with Crippen molar-refractivity contribution in [2.75, 3.05) is 6.54 Å². The summed E-state index contributed by atoms with van der Waals surface area (Å²) < 4.78 is 0. The highest BCUT2D eigenvalue weighted by Crippen LogP contribution is 1.95. The van der Waals surface area contributed by atoms with Crippen molar-refractivity contribution in [2.45, 2.75) is 13.8 Å². The normalized spacial score (nSPS) is 11.2. The largest absolute Gasteiger partial charge is 0.353 e. The van der Waals surface area contributed by atoms with Gasteiger partial charge in [0.2, 0.25) is 5.91 Å². The summed E-state index contributed by atoms with van der Waals surface area (Å²) in [6.07, 6.45) is 1.35. The zero-order valence-electron chi connectivity index (χ0n) is 5.57. The molecule has 0 aliphatic carbocycles. The molecule has 0 saturated carbocycles. The van der Waals surface area contributed by atoms with Gasteiger partial charge in [-0.05, 0) is 13.8 Å². The molecule has 3 heteroatoms. The van der Waals surface area contributed by atoms with E-state index in [4.69, 9.17) is 11.6 Å². The standard InChI is InChI=1S/C6H10ClNO/c1-3-8-6(9)4-5(2)7/h4H,3H2,1-2H3,(H,8,9)/b5-4-. The van der Waals surface area contributed by atoms with Crippen molar-refractivity contribution >= 4 is 17.5 Å². The van der Waals surface area contributed by atoms with Crippen LogP contribution in [0.1, 0.15) is 13.8 Å². The van der Waals surface area contributed by atoms with E-state index in [-0.39, 0.29) is 5.91 Å². The second kappa shape index (κ2) is 4.39. The lowest BCUT2D eigenvalue weighted by Crippen LogP contribution is -2.19. The minimum atomic E-state index is -0.134. The minimum Gasteiger partial charge on any atom is -0.353 e. The van der Waals surface area contributed by atoms with Crippen LogP contribution in [-0.2, 0) is 4.79 Å². The Hall–Kier alpha value is -0.500. The van der Waals surface area contributed by atoms with Gasteiger partial charge in [-0.2, -0.15) is 0 Å². The van der Waals surface area contributed by atoms with E-state index >= 15 is 0 Å². The molecule has 0 aliphatic rings. The number of likely N-dealkylation sites (N-methyl/N-ethyl adjacent to an activating group) is 1. The number of allylic oxidation sites excluding steroid dienone is 1. The Morgan fingerprint density at radius 2 is 2.33 bits per heavy atom. The maximum Gasteiger partial charge on any atom is 0.245 e. The van der Waals surface area contributed by atoms with Gasteiger partial charge in [-0.3, -0.25) is 4.79 Å². The molecular formula is C6H10ClNO. The number of halogens is 1. The molecule has 1 N–H and O–H groups in total. The molecule has 0 bridgehead atoms. The molecule has 2 nitrogen and oxygen atoms in total. The molecule has 0 aromatic heterocycles. The van der Waals surface area contributed by atoms with E-state index in [9.17, 15) is 4.79 Å². The van der Waals surface area contributed by atoms with E-state index in [2.05, 4.69) is 5.32 Å². The van der Waals surface area contributed by atoms with Gasteiger partial charge in [0.05, 0.1) is 0 Å². The lowest BCUT2D eigenvalue weighted by Gasteiger charge is -1.93. The summed E-state index contributed by atoms with van der Waals surface area (Å²) in [7, 11) is 0. The highest BCUT2D eigenvalue weighted by atomic mass is 35.5. The molecule has 0 rings (SSSR count). The predicted molar refractivity (Wildman–Crippen MR) is 38.3 cm³/mol. The molecular weight excluding hydrogens is 138 g/mol. The molecule has 0 radical (unpaired) electrons. The zero-order chi connectivity index (χ0) is 7.28. The Balaban J connectivity index is 3.63. The average Bonchev–Trinajstić information content (AvgIpc) is 1.63. The van der Waals surface area contributed by atoms with Gasteiger partial charge < -0.3 is 5.32 Å². The van der Waals surface area contributed by atoms with Gasteiger partial charge in [-0.15, -0.1) is 0 Å². The van der Waals surface area contributed by atoms with Crippen molar-refractivity contribution in [3.05, 3.63) is 11.1 Å². The number of rotatable bonds is 2. The summed E-state index contributed by atoms with van der Waals surface area (Å²) in [6, 6.07) is 0. The van der Waals surface area contributed by atoms with Crippen LogP contribution in [0.3, 0.4) is 0 Å². The van der Waals surface area contributed by atoms with Crippen molar-refractivity contribution in [1.29, 1.82) is 0 Å². The highest BCUT2D eigenvalue weighted by molar-refractivity contribution is 6.30. The molecule has 0 fully saturated rings. The third-order valence-corrected chi connectivity index (χ3v) is 0.790. The number of carbonyl (C=O) groups is 1. The smallest absolute Gasteiger partial charge is 0.245 e. The molecule has 52 valence electrons. The molecule has 0 spiro atoms. The number of amides is 1. The Morgan fingerprint density at radius 3 is 2.67 bits per heavy atom. The van der Waals surface area contributed by atoms with Crippen LogP contribution in [0.5, 0.6) is 0 Å². The Morgan fingerprint density at radius 1 is 1.78 bits per heavy atom. The van der Waals surface area contributed by atoms with Crippen molar-refractivity contribution < 1.29 is 4.79 Å². The lowest BCUT2D eigenvalue weighted by atomic mass is 10.5. The third kappa shape index (κ3) is 5.37. The van der Waals surface area contributed by atoms with Gasteiger partial charge in [0.1, 0.15) is 0 Å². The van der Waals surface area contributed by atoms with E-state index in [0.29, 0.717) is 11.6 Å². The first-order valence-electron chi connectivity index (χ1n) is 2.78. The van der Waals surface area contributed by atoms with Gasteiger partial charge in [-0.1, -0.05) is 11.6 Å². The number of nitrogens with one attached hydrogen (secondary N) is 1. The number of carbonyl (C=O) groups excluding carboxylic acids is 1. The van der Waals surface area contributed by atoms with Crippen LogP contribution >= 0.6 is 11.6 Å². The Kier molecular flexibility index (Phi) is 4.14. The van der Waals surface area contributed by atoms with Crippen molar-refractivity contribution in [3.8, 4) is 0 Å². The first-order chi connectivity index (χ1) is 4.16. The number of hydrogen-bond acceptors (Lipinski definition) is 1. The van der Waals surface area contributed by atoms with E-state index in [1.165, 1.54) is 6.08 Å². The van der Waals surface area contributed by atoms with Crippen LogP contribution in [0.4, 0.5) is 0 Å². The summed E-state index contributed by atoms with van der Waals surface area (Å²) in [5.41, 5.74) is 0. The fraction of sp³-hybridized carbons (Fsp3) is 0.500. The van der Waals surface area contributed by atoms with Crippen molar-refractivity contribution in [3.63, 3.8) is 0 Å². The SMILES string of the molecule is CCNC(=O)/C=C(/C)Cl. The van der Waals surface area contributed by atoms with E-state index in [0.717, 1.165) is 0 Å². The third-order valence-electron chi connectivity index (χ3n) is 0.681. The quantitative estimate of drug-likeness (QED) is 0.586. The molecule has 0 aromatic rings. The van der Waals surface area contributed by atoms with Crippen LogP contribution in [0.2, 0.25) is 0 Å². The second-order valence-corrected chi connectivity index (χ2v) is 2.22. The van der Waals surface area contributed by atoms with Gasteiger partial charge in [0.15, 0.2) is 0 Å². The van der Waals surface area contributed by atoms with Gasteiger partial charge >= 0.3 is 0 Å². The van der Waals surface area contributed by atoms with E-state index < -0.39 is 0 Å². The van der Waals surface area contributed by atoms with Crippen molar-refractivity contribution in [1.82, 2.24) is 5.32 Å². The first kappa shape index (κ1) is 8.50. The van der Waals surface area contributed by atoms with Crippen molar-refractivity contribution in [2.24, 2.45) is 0 Å². The van der Waals surface area contributed by atoms with Crippen LogP contribution in [-0.4, -0.2) is 12.5 Å². The molecule has 0 unspecified atom stereocenters. The molecule has 9 heavy (non-hydrogen) atoms. The molecule has 0 aromatic carbocycles. The second-order valence-electron chi connectivity index (χ2n) is 1.63. The molecule has 0 atom stereocenters. The van der Waals surface area contributed by atoms with Crippen LogP contribution in [0.25, 0.3) is 0 Å². The van der Waals surface area contributed by atoms with Crippen LogP contribution in [0.15, 0.2) is 11.1 Å². The van der Waals surface area contributed by atoms with E-state index in [1.807, 2.05) is 6.92 Å².